The molecule has 0 unspecified atom stereocenters. The minimum absolute atomic E-state index is 0.519. The number of rotatable bonds is 5. The highest BCUT2D eigenvalue weighted by Gasteiger charge is 2.44. The molecule has 11 heteroatoms. The van der Waals surface area contributed by atoms with Crippen molar-refractivity contribution in [2.75, 3.05) is 5.32 Å². The van der Waals surface area contributed by atoms with Gasteiger partial charge in [0.1, 0.15) is 5.75 Å². The molecule has 1 N–H and O–H groups in total. The Hall–Kier alpha value is -2.85. The first-order valence-corrected chi connectivity index (χ1v) is 6.80. The molecule has 4 nitrogen and oxygen atoms in total. The molecular formula is C15H9F7N2O2. The van der Waals surface area contributed by atoms with Gasteiger partial charge in [0.05, 0.1) is 11.3 Å². The second-order valence-electron chi connectivity index (χ2n) is 4.81. The first-order chi connectivity index (χ1) is 12.0. The van der Waals surface area contributed by atoms with E-state index >= 15 is 0 Å². The van der Waals surface area contributed by atoms with Gasteiger partial charge < -0.3 is 10.1 Å². The molecule has 0 bridgehead atoms. The number of halogens is 7. The summed E-state index contributed by atoms with van der Waals surface area (Å²) in [7, 11) is 0. The molecule has 26 heavy (non-hydrogen) atoms. The summed E-state index contributed by atoms with van der Waals surface area (Å²) >= 11 is 0. The van der Waals surface area contributed by atoms with Crippen LogP contribution in [0.25, 0.3) is 0 Å². The second kappa shape index (κ2) is 7.18. The van der Waals surface area contributed by atoms with E-state index in [2.05, 4.69) is 9.72 Å². The summed E-state index contributed by atoms with van der Waals surface area (Å²) in [6, 6.07) is 6.12. The number of aromatic nitrogens is 1. The van der Waals surface area contributed by atoms with Crippen LogP contribution in [0, 0.1) is 0 Å². The fourth-order valence-electron chi connectivity index (χ4n) is 1.85. The van der Waals surface area contributed by atoms with Crippen molar-refractivity contribution in [3.8, 4) is 5.75 Å². The maximum Gasteiger partial charge on any atom is 0.461 e. The zero-order valence-corrected chi connectivity index (χ0v) is 12.5. The number of carbonyl (C=O) groups excluding carboxylic acids is 1. The topological polar surface area (TPSA) is 51.2 Å². The van der Waals surface area contributed by atoms with E-state index in [9.17, 15) is 35.5 Å². The molecule has 1 aromatic heterocycles. The summed E-state index contributed by atoms with van der Waals surface area (Å²) in [6.07, 6.45) is -13.1. The second-order valence-corrected chi connectivity index (χ2v) is 4.81. The molecule has 0 atom stereocenters. The third-order valence-electron chi connectivity index (χ3n) is 2.96. The van der Waals surface area contributed by atoms with Crippen molar-refractivity contribution in [3.05, 3.63) is 53.9 Å². The first-order valence-electron chi connectivity index (χ1n) is 6.80. The monoisotopic (exact) mass is 382 g/mol. The number of amides is 1. The van der Waals surface area contributed by atoms with Crippen LogP contribution in [-0.2, 0) is 6.18 Å². The Morgan fingerprint density at radius 3 is 2.31 bits per heavy atom. The van der Waals surface area contributed by atoms with Gasteiger partial charge in [0, 0.05) is 6.20 Å². The van der Waals surface area contributed by atoms with Gasteiger partial charge in [-0.05, 0) is 24.3 Å². The van der Waals surface area contributed by atoms with Crippen molar-refractivity contribution in [3.63, 3.8) is 0 Å². The lowest BCUT2D eigenvalue weighted by molar-refractivity contribution is -0.252. The lowest BCUT2D eigenvalue weighted by atomic mass is 10.1. The molecule has 0 aliphatic carbocycles. The standard InChI is InChI=1S/C15H9F7N2O2/c16-13(17)15(21,22)26-10-6-2-1-5-9(10)24-12(25)8-4-3-7-23-11(8)14(18,19)20/h1-7,13H,(H,24,25). The van der Waals surface area contributed by atoms with Crippen LogP contribution in [0.5, 0.6) is 5.75 Å². The number of pyridine rings is 1. The number of carbonyl (C=O) groups is 1. The van der Waals surface area contributed by atoms with Gasteiger partial charge in [0.2, 0.25) is 0 Å². The summed E-state index contributed by atoms with van der Waals surface area (Å²) in [4.78, 5) is 15.2. The molecule has 0 radical (unpaired) electrons. The Bertz CT molecular complexity index is 794. The molecule has 0 saturated carbocycles. The number of nitrogens with one attached hydrogen (secondary N) is 1. The number of hydrogen-bond donors (Lipinski definition) is 1. The molecule has 0 spiro atoms. The van der Waals surface area contributed by atoms with Gasteiger partial charge in [-0.15, -0.1) is 0 Å². The third-order valence-corrected chi connectivity index (χ3v) is 2.96. The van der Waals surface area contributed by atoms with E-state index in [4.69, 9.17) is 0 Å². The van der Waals surface area contributed by atoms with Crippen molar-refractivity contribution in [1.82, 2.24) is 4.98 Å². The molecule has 0 fully saturated rings. The lowest BCUT2D eigenvalue weighted by Crippen LogP contribution is -2.33. The van der Waals surface area contributed by atoms with Crippen LogP contribution >= 0.6 is 0 Å². The number of anilines is 1. The van der Waals surface area contributed by atoms with E-state index < -0.39 is 47.3 Å². The van der Waals surface area contributed by atoms with Crippen LogP contribution in [0.15, 0.2) is 42.6 Å². The first kappa shape index (κ1) is 19.5. The van der Waals surface area contributed by atoms with Gasteiger partial charge in [0.15, 0.2) is 5.69 Å². The van der Waals surface area contributed by atoms with Gasteiger partial charge in [-0.2, -0.15) is 30.7 Å². The summed E-state index contributed by atoms with van der Waals surface area (Å²) in [5.74, 6) is -2.18. The van der Waals surface area contributed by atoms with E-state index in [1.807, 2.05) is 5.32 Å². The average molecular weight is 382 g/mol. The Labute approximate surface area is 141 Å². The maximum atomic E-state index is 13.0. The Morgan fingerprint density at radius 2 is 1.69 bits per heavy atom. The predicted molar refractivity (Wildman–Crippen MR) is 75.2 cm³/mol. The Morgan fingerprint density at radius 1 is 1.04 bits per heavy atom. The summed E-state index contributed by atoms with van der Waals surface area (Å²) in [5, 5.41) is 1.92. The predicted octanol–water partition coefficient (Wildman–Crippen LogP) is 4.59. The number of alkyl halides is 7. The zero-order chi connectivity index (χ0) is 19.5. The van der Waals surface area contributed by atoms with Crippen LogP contribution < -0.4 is 10.1 Å². The highest BCUT2D eigenvalue weighted by Crippen LogP contribution is 2.34. The molecule has 1 heterocycles. The number of nitrogens with zero attached hydrogens (tertiary/aromatic N) is 1. The number of para-hydroxylation sites is 2. The van der Waals surface area contributed by atoms with Crippen molar-refractivity contribution in [1.29, 1.82) is 0 Å². The smallest absolute Gasteiger partial charge is 0.426 e. The zero-order valence-electron chi connectivity index (χ0n) is 12.5. The quantitative estimate of drug-likeness (QED) is 0.770. The fraction of sp³-hybridized carbons (Fsp3) is 0.200. The third kappa shape index (κ3) is 4.41. The van der Waals surface area contributed by atoms with Crippen LogP contribution in [0.1, 0.15) is 16.1 Å². The van der Waals surface area contributed by atoms with Crippen LogP contribution in [0.3, 0.4) is 0 Å². The van der Waals surface area contributed by atoms with Gasteiger partial charge >= 0.3 is 18.7 Å². The van der Waals surface area contributed by atoms with Crippen molar-refractivity contribution >= 4 is 11.6 Å². The molecule has 1 aromatic carbocycles. The van der Waals surface area contributed by atoms with Crippen molar-refractivity contribution in [2.24, 2.45) is 0 Å². The van der Waals surface area contributed by atoms with E-state index in [-0.39, 0.29) is 0 Å². The maximum absolute atomic E-state index is 13.0. The molecule has 2 rings (SSSR count). The molecular weight excluding hydrogens is 373 g/mol. The molecule has 0 saturated heterocycles. The Balaban J connectivity index is 2.32. The minimum Gasteiger partial charge on any atom is -0.426 e. The molecule has 140 valence electrons. The van der Waals surface area contributed by atoms with E-state index in [1.54, 1.807) is 0 Å². The van der Waals surface area contributed by atoms with Gasteiger partial charge in [-0.25, -0.2) is 0 Å². The highest BCUT2D eigenvalue weighted by molar-refractivity contribution is 6.05. The van der Waals surface area contributed by atoms with Crippen LogP contribution in [-0.4, -0.2) is 23.4 Å². The number of ether oxygens (including phenoxy) is 1. The largest absolute Gasteiger partial charge is 0.461 e. The average Bonchev–Trinajstić information content (AvgIpc) is 2.55. The number of hydrogen-bond acceptors (Lipinski definition) is 3. The van der Waals surface area contributed by atoms with Gasteiger partial charge in [-0.1, -0.05) is 12.1 Å². The fourth-order valence-corrected chi connectivity index (χ4v) is 1.85. The van der Waals surface area contributed by atoms with Gasteiger partial charge in [0.25, 0.3) is 5.91 Å². The normalized spacial score (nSPS) is 12.2. The molecule has 1 amide bonds. The van der Waals surface area contributed by atoms with Gasteiger partial charge in [-0.3, -0.25) is 9.78 Å². The van der Waals surface area contributed by atoms with Crippen LogP contribution in [0.2, 0.25) is 0 Å². The van der Waals surface area contributed by atoms with E-state index in [1.165, 1.54) is 6.07 Å². The highest BCUT2D eigenvalue weighted by atomic mass is 19.4. The lowest BCUT2D eigenvalue weighted by Gasteiger charge is -2.19. The SMILES string of the molecule is O=C(Nc1ccccc1OC(F)(F)C(F)F)c1cccnc1C(F)(F)F. The molecule has 0 aliphatic rings. The van der Waals surface area contributed by atoms with E-state index in [0.29, 0.717) is 0 Å². The summed E-state index contributed by atoms with van der Waals surface area (Å²) < 4.78 is 93.1. The van der Waals surface area contributed by atoms with E-state index in [0.717, 1.165) is 36.5 Å². The summed E-state index contributed by atoms with van der Waals surface area (Å²) in [5.41, 5.74) is -2.89. The number of benzene rings is 1. The molecule has 2 aromatic rings. The van der Waals surface area contributed by atoms with Crippen molar-refractivity contribution < 1.29 is 40.3 Å². The van der Waals surface area contributed by atoms with Crippen LogP contribution in [0.4, 0.5) is 36.4 Å². The minimum atomic E-state index is -4.94. The van der Waals surface area contributed by atoms with Crippen molar-refractivity contribution in [2.45, 2.75) is 18.7 Å². The molecule has 0 aliphatic heterocycles. The summed E-state index contributed by atoms with van der Waals surface area (Å²) in [6.45, 7) is 0. The Kier molecular flexibility index (Phi) is 5.38.